The van der Waals surface area contributed by atoms with Crippen molar-refractivity contribution in [1.82, 2.24) is 10.9 Å². The molecule has 0 atom stereocenters. The Morgan fingerprint density at radius 2 is 1.15 bits per heavy atom. The predicted molar refractivity (Wildman–Crippen MR) is 86.9 cm³/mol. The maximum absolute atomic E-state index is 5.04. The van der Waals surface area contributed by atoms with Crippen molar-refractivity contribution in [3.63, 3.8) is 0 Å². The van der Waals surface area contributed by atoms with Crippen LogP contribution in [0.4, 0.5) is 0 Å². The molecule has 0 unspecified atom stereocenters. The van der Waals surface area contributed by atoms with Crippen LogP contribution in [0.5, 0.6) is 0 Å². The summed E-state index contributed by atoms with van der Waals surface area (Å²) in [5, 5.41) is 8.37. The van der Waals surface area contributed by atoms with Crippen molar-refractivity contribution in [1.29, 1.82) is 0 Å². The van der Waals surface area contributed by atoms with Crippen LogP contribution in [0.2, 0.25) is 0 Å². The van der Waals surface area contributed by atoms with Crippen molar-refractivity contribution in [2.24, 2.45) is 10.2 Å². The monoisotopic (exact) mass is 282 g/mol. The van der Waals surface area contributed by atoms with Crippen molar-refractivity contribution in [3.05, 3.63) is 71.8 Å². The molecule has 0 heterocycles. The van der Waals surface area contributed by atoms with Crippen LogP contribution in [0.3, 0.4) is 0 Å². The minimum absolute atomic E-state index is 0.337. The van der Waals surface area contributed by atoms with Crippen LogP contribution in [-0.4, -0.2) is 17.5 Å². The van der Waals surface area contributed by atoms with Crippen molar-refractivity contribution >= 4 is 29.8 Å². The van der Waals surface area contributed by atoms with E-state index in [9.17, 15) is 0 Å². The first kappa shape index (κ1) is 13.9. The van der Waals surface area contributed by atoms with Gasteiger partial charge >= 0.3 is 0 Å². The van der Waals surface area contributed by atoms with E-state index in [0.29, 0.717) is 5.11 Å². The molecule has 0 radical (unpaired) electrons. The van der Waals surface area contributed by atoms with Crippen molar-refractivity contribution in [2.45, 2.75) is 0 Å². The molecule has 0 spiro atoms. The minimum Gasteiger partial charge on any atom is -0.252 e. The number of hydrogen-bond acceptors (Lipinski definition) is 3. The van der Waals surface area contributed by atoms with Gasteiger partial charge in [-0.05, 0) is 23.3 Å². The molecular weight excluding hydrogens is 268 g/mol. The minimum atomic E-state index is 0.337. The molecule has 0 bridgehead atoms. The number of nitrogens with zero attached hydrogens (tertiary/aromatic N) is 2. The third-order valence-electron chi connectivity index (χ3n) is 2.36. The van der Waals surface area contributed by atoms with E-state index in [0.717, 1.165) is 11.1 Å². The summed E-state index contributed by atoms with van der Waals surface area (Å²) < 4.78 is 0. The Labute approximate surface area is 123 Å². The first-order valence-corrected chi connectivity index (χ1v) is 6.47. The number of hydrazone groups is 2. The van der Waals surface area contributed by atoms with Crippen molar-refractivity contribution in [2.75, 3.05) is 0 Å². The molecule has 0 aliphatic carbocycles. The Balaban J connectivity index is 1.76. The van der Waals surface area contributed by atoms with Gasteiger partial charge in [-0.1, -0.05) is 60.7 Å². The second-order valence-electron chi connectivity index (χ2n) is 3.89. The van der Waals surface area contributed by atoms with E-state index >= 15 is 0 Å². The van der Waals surface area contributed by atoms with Crippen LogP contribution in [0.15, 0.2) is 70.9 Å². The van der Waals surface area contributed by atoms with Crippen LogP contribution >= 0.6 is 12.2 Å². The fourth-order valence-corrected chi connectivity index (χ4v) is 1.54. The summed E-state index contributed by atoms with van der Waals surface area (Å²) in [6.07, 6.45) is 3.38. The molecule has 2 N–H and O–H groups in total. The molecule has 0 amide bonds. The maximum Gasteiger partial charge on any atom is 0.207 e. The normalized spacial score (nSPS) is 10.8. The van der Waals surface area contributed by atoms with E-state index in [1.165, 1.54) is 0 Å². The first-order valence-electron chi connectivity index (χ1n) is 6.07. The summed E-state index contributed by atoms with van der Waals surface area (Å²) in [4.78, 5) is 0. The number of thiocarbonyl (C=S) groups is 1. The zero-order chi connectivity index (χ0) is 14.0. The molecule has 0 saturated heterocycles. The predicted octanol–water partition coefficient (Wildman–Crippen LogP) is 2.52. The van der Waals surface area contributed by atoms with E-state index < -0.39 is 0 Å². The Bertz CT molecular complexity index is 540. The molecule has 2 aromatic rings. The van der Waals surface area contributed by atoms with E-state index in [4.69, 9.17) is 12.2 Å². The first-order chi connectivity index (χ1) is 9.84. The molecule has 100 valence electrons. The van der Waals surface area contributed by atoms with Gasteiger partial charge in [-0.25, -0.2) is 0 Å². The van der Waals surface area contributed by atoms with Crippen LogP contribution in [-0.2, 0) is 0 Å². The average Bonchev–Trinajstić information content (AvgIpc) is 2.49. The third-order valence-corrected chi connectivity index (χ3v) is 2.54. The molecule has 2 aromatic carbocycles. The van der Waals surface area contributed by atoms with Gasteiger partial charge < -0.3 is 0 Å². The highest BCUT2D eigenvalue weighted by Crippen LogP contribution is 1.94. The molecule has 4 nitrogen and oxygen atoms in total. The summed E-state index contributed by atoms with van der Waals surface area (Å²) in [6.45, 7) is 0. The van der Waals surface area contributed by atoms with Gasteiger partial charge in [0.2, 0.25) is 5.11 Å². The zero-order valence-corrected chi connectivity index (χ0v) is 11.5. The summed E-state index contributed by atoms with van der Waals surface area (Å²) >= 11 is 5.04. The van der Waals surface area contributed by atoms with Gasteiger partial charge in [0, 0.05) is 0 Å². The van der Waals surface area contributed by atoms with E-state index in [-0.39, 0.29) is 0 Å². The third kappa shape index (κ3) is 4.99. The second kappa shape index (κ2) is 7.81. The zero-order valence-electron chi connectivity index (χ0n) is 10.7. The molecular formula is C15H14N4S. The highest BCUT2D eigenvalue weighted by atomic mass is 32.1. The molecule has 0 fully saturated rings. The molecule has 0 saturated carbocycles. The van der Waals surface area contributed by atoms with E-state index in [2.05, 4.69) is 21.1 Å². The smallest absolute Gasteiger partial charge is 0.207 e. The number of benzene rings is 2. The number of nitrogens with one attached hydrogen (secondary N) is 2. The van der Waals surface area contributed by atoms with Crippen molar-refractivity contribution < 1.29 is 0 Å². The summed E-state index contributed by atoms with van der Waals surface area (Å²) in [7, 11) is 0. The van der Waals surface area contributed by atoms with Crippen molar-refractivity contribution in [3.8, 4) is 0 Å². The Morgan fingerprint density at radius 1 is 0.750 bits per heavy atom. The van der Waals surface area contributed by atoms with Gasteiger partial charge in [-0.15, -0.1) is 0 Å². The Kier molecular flexibility index (Phi) is 5.42. The summed E-state index contributed by atoms with van der Waals surface area (Å²) in [6, 6.07) is 19.5. The van der Waals surface area contributed by atoms with Gasteiger partial charge in [-0.2, -0.15) is 10.2 Å². The number of rotatable bonds is 4. The van der Waals surface area contributed by atoms with Crippen LogP contribution < -0.4 is 10.9 Å². The fraction of sp³-hybridized carbons (Fsp3) is 0. The quantitative estimate of drug-likeness (QED) is 0.514. The van der Waals surface area contributed by atoms with E-state index in [1.807, 2.05) is 60.7 Å². The standard InChI is InChI=1S/C15H14N4S/c20-15(18-16-11-13-7-3-1-4-8-13)19-17-12-14-9-5-2-6-10-14/h1-12H,(H2,18,19,20)/b16-11+,17-12?. The molecule has 5 heteroatoms. The van der Waals surface area contributed by atoms with Gasteiger partial charge in [0.1, 0.15) is 0 Å². The average molecular weight is 282 g/mol. The highest BCUT2D eigenvalue weighted by Gasteiger charge is 1.89. The van der Waals surface area contributed by atoms with Crippen LogP contribution in [0.1, 0.15) is 11.1 Å². The fourth-order valence-electron chi connectivity index (χ4n) is 1.43. The summed E-state index contributed by atoms with van der Waals surface area (Å²) in [5.74, 6) is 0. The molecule has 20 heavy (non-hydrogen) atoms. The van der Waals surface area contributed by atoms with Gasteiger partial charge in [0.15, 0.2) is 0 Å². The second-order valence-corrected chi connectivity index (χ2v) is 4.30. The lowest BCUT2D eigenvalue weighted by Gasteiger charge is -2.00. The topological polar surface area (TPSA) is 48.8 Å². The Hall–Kier alpha value is -2.53. The van der Waals surface area contributed by atoms with E-state index in [1.54, 1.807) is 12.4 Å². The lowest BCUT2D eigenvalue weighted by molar-refractivity contribution is 0.935. The highest BCUT2D eigenvalue weighted by molar-refractivity contribution is 7.80. The molecule has 2 rings (SSSR count). The van der Waals surface area contributed by atoms with Gasteiger partial charge in [-0.3, -0.25) is 10.9 Å². The van der Waals surface area contributed by atoms with Crippen LogP contribution in [0, 0.1) is 0 Å². The SMILES string of the molecule is S=C(NN=Cc1ccccc1)N/N=C/c1ccccc1. The molecule has 0 aliphatic rings. The van der Waals surface area contributed by atoms with Crippen LogP contribution in [0.25, 0.3) is 0 Å². The largest absolute Gasteiger partial charge is 0.252 e. The summed E-state index contributed by atoms with van der Waals surface area (Å²) in [5.41, 5.74) is 7.38. The Morgan fingerprint density at radius 3 is 1.55 bits per heavy atom. The van der Waals surface area contributed by atoms with Gasteiger partial charge in [0.25, 0.3) is 0 Å². The van der Waals surface area contributed by atoms with Gasteiger partial charge in [0.05, 0.1) is 12.4 Å². The molecule has 0 aliphatic heterocycles. The molecule has 0 aromatic heterocycles. The lowest BCUT2D eigenvalue weighted by Crippen LogP contribution is -2.28. The maximum atomic E-state index is 5.04. The lowest BCUT2D eigenvalue weighted by atomic mass is 10.2. The number of hydrogen-bond donors (Lipinski definition) is 2.